The molecule has 3 nitrogen and oxygen atoms in total. The number of fused-ring (bicyclic) bond motifs is 1. The van der Waals surface area contributed by atoms with E-state index < -0.39 is 0 Å². The third-order valence-electron chi connectivity index (χ3n) is 2.78. The van der Waals surface area contributed by atoms with Gasteiger partial charge in [-0.05, 0) is 24.4 Å². The molecule has 94 valence electrons. The molecule has 0 aliphatic carbocycles. The SMILES string of the molecule is CCCNCC(=O)Nc1cccc2ccccc12. The van der Waals surface area contributed by atoms with Crippen molar-refractivity contribution in [2.24, 2.45) is 0 Å². The van der Waals surface area contributed by atoms with Gasteiger partial charge in [0.25, 0.3) is 0 Å². The van der Waals surface area contributed by atoms with Crippen molar-refractivity contribution in [2.75, 3.05) is 18.4 Å². The number of nitrogens with one attached hydrogen (secondary N) is 2. The summed E-state index contributed by atoms with van der Waals surface area (Å²) in [4.78, 5) is 11.8. The molecule has 0 saturated heterocycles. The van der Waals surface area contributed by atoms with E-state index in [2.05, 4.69) is 17.6 Å². The van der Waals surface area contributed by atoms with Crippen LogP contribution in [0.3, 0.4) is 0 Å². The van der Waals surface area contributed by atoms with E-state index >= 15 is 0 Å². The van der Waals surface area contributed by atoms with Crippen LogP contribution in [0.15, 0.2) is 42.5 Å². The zero-order chi connectivity index (χ0) is 12.8. The highest BCUT2D eigenvalue weighted by molar-refractivity contribution is 6.02. The van der Waals surface area contributed by atoms with Gasteiger partial charge in [-0.15, -0.1) is 0 Å². The van der Waals surface area contributed by atoms with E-state index in [-0.39, 0.29) is 5.91 Å². The van der Waals surface area contributed by atoms with Gasteiger partial charge in [0, 0.05) is 11.1 Å². The lowest BCUT2D eigenvalue weighted by molar-refractivity contribution is -0.115. The number of hydrogen-bond donors (Lipinski definition) is 2. The summed E-state index contributed by atoms with van der Waals surface area (Å²) >= 11 is 0. The monoisotopic (exact) mass is 242 g/mol. The van der Waals surface area contributed by atoms with Crippen molar-refractivity contribution in [2.45, 2.75) is 13.3 Å². The van der Waals surface area contributed by atoms with Crippen molar-refractivity contribution in [1.82, 2.24) is 5.32 Å². The third-order valence-corrected chi connectivity index (χ3v) is 2.78. The molecule has 0 bridgehead atoms. The summed E-state index contributed by atoms with van der Waals surface area (Å²) in [6, 6.07) is 14.0. The predicted octanol–water partition coefficient (Wildman–Crippen LogP) is 2.78. The normalized spacial score (nSPS) is 10.5. The highest BCUT2D eigenvalue weighted by atomic mass is 16.1. The van der Waals surface area contributed by atoms with Crippen molar-refractivity contribution in [3.63, 3.8) is 0 Å². The van der Waals surface area contributed by atoms with Gasteiger partial charge in [0.1, 0.15) is 0 Å². The van der Waals surface area contributed by atoms with Gasteiger partial charge in [-0.2, -0.15) is 0 Å². The topological polar surface area (TPSA) is 41.1 Å². The van der Waals surface area contributed by atoms with Crippen LogP contribution in [-0.4, -0.2) is 19.0 Å². The van der Waals surface area contributed by atoms with Gasteiger partial charge in [-0.1, -0.05) is 43.3 Å². The summed E-state index contributed by atoms with van der Waals surface area (Å²) in [6.07, 6.45) is 1.03. The van der Waals surface area contributed by atoms with Crippen molar-refractivity contribution >= 4 is 22.4 Å². The lowest BCUT2D eigenvalue weighted by Crippen LogP contribution is -2.28. The Morgan fingerprint density at radius 1 is 1.11 bits per heavy atom. The molecule has 1 amide bonds. The number of amides is 1. The fraction of sp³-hybridized carbons (Fsp3) is 0.267. The van der Waals surface area contributed by atoms with Crippen molar-refractivity contribution in [3.05, 3.63) is 42.5 Å². The van der Waals surface area contributed by atoms with E-state index in [1.54, 1.807) is 0 Å². The number of carbonyl (C=O) groups excluding carboxylic acids is 1. The van der Waals surface area contributed by atoms with Crippen LogP contribution in [0.25, 0.3) is 10.8 Å². The second-order valence-electron chi connectivity index (χ2n) is 4.25. The Hall–Kier alpha value is -1.87. The van der Waals surface area contributed by atoms with E-state index in [0.29, 0.717) is 6.54 Å². The summed E-state index contributed by atoms with van der Waals surface area (Å²) < 4.78 is 0. The molecular formula is C15H18N2O. The van der Waals surface area contributed by atoms with Crippen LogP contribution in [0.2, 0.25) is 0 Å². The molecule has 18 heavy (non-hydrogen) atoms. The molecule has 0 spiro atoms. The molecule has 2 N–H and O–H groups in total. The second-order valence-corrected chi connectivity index (χ2v) is 4.25. The van der Waals surface area contributed by atoms with Crippen LogP contribution < -0.4 is 10.6 Å². The van der Waals surface area contributed by atoms with E-state index in [1.165, 1.54) is 0 Å². The molecule has 0 aliphatic heterocycles. The van der Waals surface area contributed by atoms with Crippen LogP contribution in [0, 0.1) is 0 Å². The standard InChI is InChI=1S/C15H18N2O/c1-2-10-16-11-15(18)17-14-9-5-7-12-6-3-4-8-13(12)14/h3-9,16H,2,10-11H2,1H3,(H,17,18). The molecule has 0 aliphatic rings. The average molecular weight is 242 g/mol. The minimum Gasteiger partial charge on any atom is -0.324 e. The van der Waals surface area contributed by atoms with E-state index in [4.69, 9.17) is 0 Å². The predicted molar refractivity (Wildman–Crippen MR) is 75.7 cm³/mol. The van der Waals surface area contributed by atoms with Gasteiger partial charge < -0.3 is 10.6 Å². The Balaban J connectivity index is 2.09. The van der Waals surface area contributed by atoms with Crippen LogP contribution in [0.4, 0.5) is 5.69 Å². The number of hydrogen-bond acceptors (Lipinski definition) is 2. The maximum Gasteiger partial charge on any atom is 0.238 e. The molecular weight excluding hydrogens is 224 g/mol. The second kappa shape index (κ2) is 6.17. The first kappa shape index (κ1) is 12.6. The summed E-state index contributed by atoms with van der Waals surface area (Å²) in [5.41, 5.74) is 0.872. The molecule has 0 radical (unpaired) electrons. The maximum absolute atomic E-state index is 11.8. The lowest BCUT2D eigenvalue weighted by atomic mass is 10.1. The average Bonchev–Trinajstić information content (AvgIpc) is 2.39. The summed E-state index contributed by atoms with van der Waals surface area (Å²) in [5, 5.41) is 8.24. The quantitative estimate of drug-likeness (QED) is 0.792. The fourth-order valence-electron chi connectivity index (χ4n) is 1.91. The molecule has 2 rings (SSSR count). The molecule has 0 fully saturated rings. The molecule has 0 aromatic heterocycles. The summed E-state index contributed by atoms with van der Waals surface area (Å²) in [5.74, 6) is -0.000182. The first-order valence-corrected chi connectivity index (χ1v) is 6.29. The number of rotatable bonds is 5. The third kappa shape index (κ3) is 3.08. The van der Waals surface area contributed by atoms with Crippen molar-refractivity contribution in [3.8, 4) is 0 Å². The van der Waals surface area contributed by atoms with Crippen LogP contribution in [0.5, 0.6) is 0 Å². The first-order chi connectivity index (χ1) is 8.81. The molecule has 0 heterocycles. The highest BCUT2D eigenvalue weighted by Crippen LogP contribution is 2.22. The molecule has 0 atom stereocenters. The number of carbonyl (C=O) groups is 1. The van der Waals surface area contributed by atoms with E-state index in [1.807, 2.05) is 42.5 Å². The lowest BCUT2D eigenvalue weighted by Gasteiger charge is -2.09. The molecule has 2 aromatic rings. The summed E-state index contributed by atoms with van der Waals surface area (Å²) in [7, 11) is 0. The van der Waals surface area contributed by atoms with Gasteiger partial charge in [0.2, 0.25) is 5.91 Å². The van der Waals surface area contributed by atoms with Gasteiger partial charge in [0.15, 0.2) is 0 Å². The van der Waals surface area contributed by atoms with Gasteiger partial charge in [-0.3, -0.25) is 4.79 Å². The first-order valence-electron chi connectivity index (χ1n) is 6.29. The van der Waals surface area contributed by atoms with Crippen LogP contribution >= 0.6 is 0 Å². The van der Waals surface area contributed by atoms with Crippen molar-refractivity contribution in [1.29, 1.82) is 0 Å². The molecule has 0 unspecified atom stereocenters. The Kier molecular flexibility index (Phi) is 4.31. The highest BCUT2D eigenvalue weighted by Gasteiger charge is 2.04. The van der Waals surface area contributed by atoms with Gasteiger partial charge >= 0.3 is 0 Å². The molecule has 3 heteroatoms. The molecule has 0 saturated carbocycles. The Labute approximate surface area is 107 Å². The van der Waals surface area contributed by atoms with Crippen molar-refractivity contribution < 1.29 is 4.79 Å². The number of benzene rings is 2. The summed E-state index contributed by atoms with van der Waals surface area (Å²) in [6.45, 7) is 3.30. The fourth-order valence-corrected chi connectivity index (χ4v) is 1.91. The minimum absolute atomic E-state index is 0.000182. The smallest absolute Gasteiger partial charge is 0.238 e. The van der Waals surface area contributed by atoms with Crippen LogP contribution in [-0.2, 0) is 4.79 Å². The number of anilines is 1. The molecule has 2 aromatic carbocycles. The van der Waals surface area contributed by atoms with Crippen LogP contribution in [0.1, 0.15) is 13.3 Å². The Morgan fingerprint density at radius 3 is 2.72 bits per heavy atom. The zero-order valence-electron chi connectivity index (χ0n) is 10.6. The zero-order valence-corrected chi connectivity index (χ0v) is 10.6. The largest absolute Gasteiger partial charge is 0.324 e. The Bertz CT molecular complexity index is 532. The van der Waals surface area contributed by atoms with E-state index in [0.717, 1.165) is 29.4 Å². The Morgan fingerprint density at radius 2 is 1.89 bits per heavy atom. The maximum atomic E-state index is 11.8. The van der Waals surface area contributed by atoms with E-state index in [9.17, 15) is 4.79 Å². The van der Waals surface area contributed by atoms with Gasteiger partial charge in [0.05, 0.1) is 6.54 Å². The van der Waals surface area contributed by atoms with Gasteiger partial charge in [-0.25, -0.2) is 0 Å². The minimum atomic E-state index is -0.000182.